The SMILES string of the molecule is Cc1cccc(CC2CCC(C(C)C)C(C)C2)c1. The van der Waals surface area contributed by atoms with Gasteiger partial charge in [0.2, 0.25) is 0 Å². The molecule has 0 heterocycles. The molecule has 0 nitrogen and oxygen atoms in total. The van der Waals surface area contributed by atoms with Gasteiger partial charge < -0.3 is 0 Å². The van der Waals surface area contributed by atoms with Crippen LogP contribution in [-0.4, -0.2) is 0 Å². The van der Waals surface area contributed by atoms with Gasteiger partial charge in [0, 0.05) is 0 Å². The Hall–Kier alpha value is -0.780. The number of hydrogen-bond acceptors (Lipinski definition) is 0. The zero-order valence-corrected chi connectivity index (χ0v) is 12.4. The van der Waals surface area contributed by atoms with Gasteiger partial charge >= 0.3 is 0 Å². The van der Waals surface area contributed by atoms with Crippen molar-refractivity contribution in [1.82, 2.24) is 0 Å². The minimum Gasteiger partial charge on any atom is -0.0625 e. The average Bonchev–Trinajstić information content (AvgIpc) is 2.28. The highest BCUT2D eigenvalue weighted by Crippen LogP contribution is 2.39. The fourth-order valence-electron chi connectivity index (χ4n) is 3.88. The van der Waals surface area contributed by atoms with E-state index < -0.39 is 0 Å². The van der Waals surface area contributed by atoms with Crippen LogP contribution in [0.25, 0.3) is 0 Å². The number of benzene rings is 1. The first kappa shape index (κ1) is 13.6. The summed E-state index contributed by atoms with van der Waals surface area (Å²) in [5.74, 6) is 3.64. The van der Waals surface area contributed by atoms with E-state index in [9.17, 15) is 0 Å². The van der Waals surface area contributed by atoms with Gasteiger partial charge in [-0.15, -0.1) is 0 Å². The van der Waals surface area contributed by atoms with Gasteiger partial charge in [0.05, 0.1) is 0 Å². The van der Waals surface area contributed by atoms with Crippen LogP contribution in [0, 0.1) is 30.6 Å². The summed E-state index contributed by atoms with van der Waals surface area (Å²) in [5.41, 5.74) is 2.94. The Labute approximate surface area is 113 Å². The Morgan fingerprint density at radius 2 is 2.00 bits per heavy atom. The fourth-order valence-corrected chi connectivity index (χ4v) is 3.88. The third-order valence-corrected chi connectivity index (χ3v) is 4.81. The molecule has 0 aliphatic heterocycles. The molecule has 100 valence electrons. The van der Waals surface area contributed by atoms with Gasteiger partial charge in [0.15, 0.2) is 0 Å². The molecule has 1 saturated carbocycles. The fraction of sp³-hybridized carbons (Fsp3) is 0.667. The summed E-state index contributed by atoms with van der Waals surface area (Å²) in [6.45, 7) is 9.44. The van der Waals surface area contributed by atoms with Crippen molar-refractivity contribution >= 4 is 0 Å². The van der Waals surface area contributed by atoms with Crippen LogP contribution in [0.1, 0.15) is 51.2 Å². The van der Waals surface area contributed by atoms with E-state index in [1.54, 1.807) is 0 Å². The van der Waals surface area contributed by atoms with Crippen LogP contribution in [0.15, 0.2) is 24.3 Å². The Morgan fingerprint density at radius 3 is 2.61 bits per heavy atom. The third-order valence-electron chi connectivity index (χ3n) is 4.81. The first-order valence-corrected chi connectivity index (χ1v) is 7.61. The summed E-state index contributed by atoms with van der Waals surface area (Å²) >= 11 is 0. The summed E-state index contributed by atoms with van der Waals surface area (Å²) < 4.78 is 0. The second-order valence-electron chi connectivity index (χ2n) is 6.76. The number of hydrogen-bond donors (Lipinski definition) is 0. The Balaban J connectivity index is 1.93. The second-order valence-corrected chi connectivity index (χ2v) is 6.76. The highest BCUT2D eigenvalue weighted by molar-refractivity contribution is 5.22. The molecule has 1 aromatic rings. The van der Waals surface area contributed by atoms with Crippen molar-refractivity contribution in [3.63, 3.8) is 0 Å². The van der Waals surface area contributed by atoms with Gasteiger partial charge in [0.25, 0.3) is 0 Å². The highest BCUT2D eigenvalue weighted by atomic mass is 14.3. The number of aryl methyl sites for hydroxylation is 1. The zero-order chi connectivity index (χ0) is 13.1. The molecule has 0 heteroatoms. The van der Waals surface area contributed by atoms with E-state index in [0.717, 1.165) is 23.7 Å². The van der Waals surface area contributed by atoms with Gasteiger partial charge in [-0.3, -0.25) is 0 Å². The molecular weight excluding hydrogens is 216 g/mol. The maximum absolute atomic E-state index is 2.47. The molecule has 2 rings (SSSR count). The van der Waals surface area contributed by atoms with Crippen LogP contribution in [-0.2, 0) is 6.42 Å². The van der Waals surface area contributed by atoms with E-state index >= 15 is 0 Å². The van der Waals surface area contributed by atoms with Crippen LogP contribution in [0.2, 0.25) is 0 Å². The lowest BCUT2D eigenvalue weighted by Gasteiger charge is -2.36. The predicted molar refractivity (Wildman–Crippen MR) is 79.7 cm³/mol. The maximum Gasteiger partial charge on any atom is -0.0250 e. The van der Waals surface area contributed by atoms with Crippen molar-refractivity contribution in [3.8, 4) is 0 Å². The molecule has 0 aromatic heterocycles. The molecule has 0 bridgehead atoms. The lowest BCUT2D eigenvalue weighted by Crippen LogP contribution is -2.27. The molecule has 1 aliphatic carbocycles. The van der Waals surface area contributed by atoms with E-state index in [2.05, 4.69) is 52.0 Å². The van der Waals surface area contributed by atoms with E-state index in [0.29, 0.717) is 0 Å². The van der Waals surface area contributed by atoms with Gasteiger partial charge in [-0.25, -0.2) is 0 Å². The van der Waals surface area contributed by atoms with Crippen molar-refractivity contribution in [1.29, 1.82) is 0 Å². The first-order chi connectivity index (χ1) is 8.56. The van der Waals surface area contributed by atoms with Crippen molar-refractivity contribution in [2.24, 2.45) is 23.7 Å². The Bertz CT molecular complexity index is 377. The first-order valence-electron chi connectivity index (χ1n) is 7.61. The van der Waals surface area contributed by atoms with Gasteiger partial charge in [0.1, 0.15) is 0 Å². The standard InChI is InChI=1S/C18H28/c1-13(2)18-9-8-17(11-15(18)4)12-16-7-5-6-14(3)10-16/h5-7,10,13,15,17-18H,8-9,11-12H2,1-4H3. The minimum atomic E-state index is 0.861. The van der Waals surface area contributed by atoms with E-state index in [-0.39, 0.29) is 0 Å². The molecule has 1 fully saturated rings. The second kappa shape index (κ2) is 5.91. The van der Waals surface area contributed by atoms with Crippen LogP contribution in [0.5, 0.6) is 0 Å². The molecule has 18 heavy (non-hydrogen) atoms. The monoisotopic (exact) mass is 244 g/mol. The predicted octanol–water partition coefficient (Wildman–Crippen LogP) is 5.25. The normalized spacial score (nSPS) is 28.6. The summed E-state index contributed by atoms with van der Waals surface area (Å²) in [7, 11) is 0. The summed E-state index contributed by atoms with van der Waals surface area (Å²) in [4.78, 5) is 0. The van der Waals surface area contributed by atoms with Gasteiger partial charge in [-0.05, 0) is 61.8 Å². The van der Waals surface area contributed by atoms with Crippen LogP contribution >= 0.6 is 0 Å². The quantitative estimate of drug-likeness (QED) is 0.681. The van der Waals surface area contributed by atoms with Crippen molar-refractivity contribution in [3.05, 3.63) is 35.4 Å². The summed E-state index contributed by atoms with van der Waals surface area (Å²) in [6.07, 6.45) is 5.59. The van der Waals surface area contributed by atoms with E-state index in [1.165, 1.54) is 36.8 Å². The minimum absolute atomic E-state index is 0.861. The molecule has 0 radical (unpaired) electrons. The molecule has 0 N–H and O–H groups in total. The molecule has 1 aliphatic rings. The van der Waals surface area contributed by atoms with Crippen molar-refractivity contribution < 1.29 is 0 Å². The topological polar surface area (TPSA) is 0 Å². The maximum atomic E-state index is 2.47. The lowest BCUT2D eigenvalue weighted by molar-refractivity contribution is 0.150. The lowest BCUT2D eigenvalue weighted by atomic mass is 9.69. The third kappa shape index (κ3) is 3.37. The summed E-state index contributed by atoms with van der Waals surface area (Å²) in [6, 6.07) is 9.06. The van der Waals surface area contributed by atoms with Crippen molar-refractivity contribution in [2.75, 3.05) is 0 Å². The largest absolute Gasteiger partial charge is 0.0625 e. The Kier molecular flexibility index (Phi) is 4.48. The smallest absolute Gasteiger partial charge is 0.0250 e. The van der Waals surface area contributed by atoms with Gasteiger partial charge in [-0.2, -0.15) is 0 Å². The number of rotatable bonds is 3. The molecular formula is C18H28. The summed E-state index contributed by atoms with van der Waals surface area (Å²) in [5, 5.41) is 0. The molecule has 0 saturated heterocycles. The molecule has 0 spiro atoms. The molecule has 0 amide bonds. The van der Waals surface area contributed by atoms with Crippen LogP contribution in [0.3, 0.4) is 0 Å². The molecule has 3 atom stereocenters. The van der Waals surface area contributed by atoms with Crippen LogP contribution in [0.4, 0.5) is 0 Å². The zero-order valence-electron chi connectivity index (χ0n) is 12.4. The van der Waals surface area contributed by atoms with E-state index in [1.807, 2.05) is 0 Å². The van der Waals surface area contributed by atoms with Gasteiger partial charge in [-0.1, -0.05) is 50.6 Å². The van der Waals surface area contributed by atoms with Crippen LogP contribution < -0.4 is 0 Å². The van der Waals surface area contributed by atoms with E-state index in [4.69, 9.17) is 0 Å². The molecule has 1 aromatic carbocycles. The Morgan fingerprint density at radius 1 is 1.22 bits per heavy atom. The molecule has 3 unspecified atom stereocenters. The average molecular weight is 244 g/mol. The van der Waals surface area contributed by atoms with Crippen molar-refractivity contribution in [2.45, 2.75) is 53.4 Å². The highest BCUT2D eigenvalue weighted by Gasteiger charge is 2.29.